The van der Waals surface area contributed by atoms with Gasteiger partial charge < -0.3 is 9.47 Å². The van der Waals surface area contributed by atoms with Crippen LogP contribution in [0.25, 0.3) is 0 Å². The van der Waals surface area contributed by atoms with E-state index in [0.717, 1.165) is 0 Å². The first-order valence-corrected chi connectivity index (χ1v) is 5.27. The maximum atomic E-state index is 10.1. The van der Waals surface area contributed by atoms with Crippen molar-refractivity contribution in [1.29, 1.82) is 0 Å². The van der Waals surface area contributed by atoms with Crippen molar-refractivity contribution in [3.8, 4) is 0 Å². The second-order valence-corrected chi connectivity index (χ2v) is 3.46. The van der Waals surface area contributed by atoms with E-state index in [4.69, 9.17) is 14.0 Å². The van der Waals surface area contributed by atoms with Crippen LogP contribution < -0.4 is 4.72 Å². The quantitative estimate of drug-likeness (QED) is 0.443. The summed E-state index contributed by atoms with van der Waals surface area (Å²) in [6.45, 7) is 5.75. The Morgan fingerprint density at radius 1 is 1.38 bits per heavy atom. The van der Waals surface area contributed by atoms with Crippen LogP contribution in [-0.4, -0.2) is 41.2 Å². The molecule has 0 radical (unpaired) electrons. The molecule has 2 N–H and O–H groups in total. The van der Waals surface area contributed by atoms with E-state index in [1.807, 2.05) is 13.8 Å². The van der Waals surface area contributed by atoms with E-state index in [9.17, 15) is 4.21 Å². The van der Waals surface area contributed by atoms with E-state index in [-0.39, 0.29) is 6.10 Å². The molecule has 0 bridgehead atoms. The second-order valence-electron chi connectivity index (χ2n) is 2.68. The molecule has 0 aliphatic rings. The fourth-order valence-corrected chi connectivity index (χ4v) is 0.904. The highest BCUT2D eigenvalue weighted by atomic mass is 32.2. The summed E-state index contributed by atoms with van der Waals surface area (Å²) in [6, 6.07) is 0. The molecule has 5 nitrogen and oxygen atoms in total. The minimum atomic E-state index is -1.94. The monoisotopic (exact) mass is 211 g/mol. The van der Waals surface area contributed by atoms with Gasteiger partial charge in [0.05, 0.1) is 25.9 Å². The molecule has 0 amide bonds. The molecule has 0 saturated carbocycles. The van der Waals surface area contributed by atoms with Crippen molar-refractivity contribution in [1.82, 2.24) is 4.72 Å². The molecule has 1 unspecified atom stereocenters. The predicted octanol–water partition coefficient (Wildman–Crippen LogP) is 0.154. The van der Waals surface area contributed by atoms with Gasteiger partial charge in [0, 0.05) is 6.54 Å². The summed E-state index contributed by atoms with van der Waals surface area (Å²) < 4.78 is 31.0. The topological polar surface area (TPSA) is 67.8 Å². The van der Waals surface area contributed by atoms with Gasteiger partial charge >= 0.3 is 0 Å². The number of ether oxygens (including phenoxy) is 2. The molecule has 6 heteroatoms. The average Bonchev–Trinajstić information content (AvgIpc) is 2.01. The lowest BCUT2D eigenvalue weighted by Gasteiger charge is -2.07. The first-order chi connectivity index (χ1) is 6.13. The molecule has 13 heavy (non-hydrogen) atoms. The lowest BCUT2D eigenvalue weighted by molar-refractivity contribution is 0.0211. The molecule has 0 aromatic heterocycles. The Morgan fingerprint density at radius 2 is 2.08 bits per heavy atom. The van der Waals surface area contributed by atoms with E-state index in [1.165, 1.54) is 0 Å². The van der Waals surface area contributed by atoms with Crippen molar-refractivity contribution in [2.45, 2.75) is 20.0 Å². The Morgan fingerprint density at radius 3 is 2.62 bits per heavy atom. The highest BCUT2D eigenvalue weighted by molar-refractivity contribution is 7.77. The zero-order valence-corrected chi connectivity index (χ0v) is 8.80. The standard InChI is InChI=1S/C7H17NO4S/c1-7(2)12-6-5-11-4-3-8-13(9)10/h7-8H,3-6H2,1-2H3,(H,9,10). The van der Waals surface area contributed by atoms with Crippen molar-refractivity contribution in [2.75, 3.05) is 26.4 Å². The fraction of sp³-hybridized carbons (Fsp3) is 1.00. The van der Waals surface area contributed by atoms with E-state index in [0.29, 0.717) is 26.4 Å². The van der Waals surface area contributed by atoms with Gasteiger partial charge in [-0.15, -0.1) is 0 Å². The van der Waals surface area contributed by atoms with Crippen molar-refractivity contribution in [3.63, 3.8) is 0 Å². The lowest BCUT2D eigenvalue weighted by atomic mass is 10.5. The molecule has 0 spiro atoms. The Hall–Kier alpha value is -0.0100. The second kappa shape index (κ2) is 8.58. The van der Waals surface area contributed by atoms with E-state index < -0.39 is 11.3 Å². The van der Waals surface area contributed by atoms with Gasteiger partial charge in [-0.05, 0) is 13.8 Å². The first-order valence-electron chi connectivity index (χ1n) is 4.16. The Balaban J connectivity index is 2.96. The molecule has 0 aromatic carbocycles. The molecule has 0 rings (SSSR count). The first kappa shape index (κ1) is 13.0. The van der Waals surface area contributed by atoms with E-state index in [1.54, 1.807) is 0 Å². The van der Waals surface area contributed by atoms with Crippen LogP contribution in [0.1, 0.15) is 13.8 Å². The van der Waals surface area contributed by atoms with Crippen LogP contribution in [0.5, 0.6) is 0 Å². The number of rotatable bonds is 8. The normalized spacial score (nSPS) is 13.5. The highest BCUT2D eigenvalue weighted by Crippen LogP contribution is 1.86. The van der Waals surface area contributed by atoms with Gasteiger partial charge in [-0.1, -0.05) is 0 Å². The molecular formula is C7H17NO4S. The molecule has 0 aliphatic carbocycles. The zero-order valence-electron chi connectivity index (χ0n) is 7.99. The van der Waals surface area contributed by atoms with Gasteiger partial charge in [0.2, 0.25) is 11.3 Å². The fourth-order valence-electron chi connectivity index (χ4n) is 0.646. The van der Waals surface area contributed by atoms with Gasteiger partial charge in [-0.3, -0.25) is 4.55 Å². The van der Waals surface area contributed by atoms with Crippen LogP contribution in [-0.2, 0) is 20.7 Å². The van der Waals surface area contributed by atoms with Crippen LogP contribution in [0.15, 0.2) is 0 Å². The van der Waals surface area contributed by atoms with Crippen molar-refractivity contribution in [3.05, 3.63) is 0 Å². The molecule has 0 heterocycles. The van der Waals surface area contributed by atoms with Gasteiger partial charge in [0.25, 0.3) is 0 Å². The van der Waals surface area contributed by atoms with Crippen molar-refractivity contribution < 1.29 is 18.2 Å². The summed E-state index contributed by atoms with van der Waals surface area (Å²) in [4.78, 5) is 0. The molecule has 0 saturated heterocycles. The number of hydrogen-bond acceptors (Lipinski definition) is 3. The third kappa shape index (κ3) is 12.0. The number of nitrogens with one attached hydrogen (secondary N) is 1. The SMILES string of the molecule is CC(C)OCCOCCNS(=O)O. The largest absolute Gasteiger partial charge is 0.378 e. The molecule has 80 valence electrons. The average molecular weight is 211 g/mol. The van der Waals surface area contributed by atoms with Crippen LogP contribution >= 0.6 is 0 Å². The Bertz CT molecular complexity index is 142. The smallest absolute Gasteiger partial charge is 0.231 e. The Kier molecular flexibility index (Phi) is 8.58. The molecule has 1 atom stereocenters. The molecule has 0 fully saturated rings. The third-order valence-electron chi connectivity index (χ3n) is 1.15. The summed E-state index contributed by atoms with van der Waals surface area (Å²) in [5.74, 6) is 0. The number of hydrogen-bond donors (Lipinski definition) is 2. The van der Waals surface area contributed by atoms with Gasteiger partial charge in [0.15, 0.2) is 0 Å². The van der Waals surface area contributed by atoms with Crippen LogP contribution in [0, 0.1) is 0 Å². The third-order valence-corrected chi connectivity index (χ3v) is 1.60. The molecule has 0 aromatic rings. The van der Waals surface area contributed by atoms with E-state index in [2.05, 4.69) is 4.72 Å². The summed E-state index contributed by atoms with van der Waals surface area (Å²) in [5, 5.41) is 0. The minimum Gasteiger partial charge on any atom is -0.378 e. The van der Waals surface area contributed by atoms with Crippen molar-refractivity contribution >= 4 is 11.3 Å². The maximum Gasteiger partial charge on any atom is 0.231 e. The molecular weight excluding hydrogens is 194 g/mol. The lowest BCUT2D eigenvalue weighted by Crippen LogP contribution is -2.22. The van der Waals surface area contributed by atoms with Crippen LogP contribution in [0.3, 0.4) is 0 Å². The van der Waals surface area contributed by atoms with Crippen LogP contribution in [0.4, 0.5) is 0 Å². The Labute approximate surface area is 81.2 Å². The van der Waals surface area contributed by atoms with Gasteiger partial charge in [-0.25, -0.2) is 8.93 Å². The summed E-state index contributed by atoms with van der Waals surface area (Å²) in [5.41, 5.74) is 0. The highest BCUT2D eigenvalue weighted by Gasteiger charge is 1.94. The maximum absolute atomic E-state index is 10.1. The van der Waals surface area contributed by atoms with Crippen LogP contribution in [0.2, 0.25) is 0 Å². The summed E-state index contributed by atoms with van der Waals surface area (Å²) in [7, 11) is 0. The van der Waals surface area contributed by atoms with Gasteiger partial charge in [-0.2, -0.15) is 0 Å². The molecule has 0 aliphatic heterocycles. The predicted molar refractivity (Wildman–Crippen MR) is 50.7 cm³/mol. The zero-order chi connectivity index (χ0) is 10.1. The van der Waals surface area contributed by atoms with E-state index >= 15 is 0 Å². The summed E-state index contributed by atoms with van der Waals surface area (Å²) >= 11 is -1.94. The van der Waals surface area contributed by atoms with Gasteiger partial charge in [0.1, 0.15) is 0 Å². The minimum absolute atomic E-state index is 0.215. The van der Waals surface area contributed by atoms with Crippen molar-refractivity contribution in [2.24, 2.45) is 0 Å². The summed E-state index contributed by atoms with van der Waals surface area (Å²) in [6.07, 6.45) is 0.215.